The number of benzene rings is 1. The highest BCUT2D eigenvalue weighted by Gasteiger charge is 2.11. The molecular weight excluding hydrogens is 244 g/mol. The summed E-state index contributed by atoms with van der Waals surface area (Å²) in [4.78, 5) is 12.1. The second-order valence-corrected chi connectivity index (χ2v) is 4.32. The number of nitrogens with two attached hydrogens (primary N) is 2. The summed E-state index contributed by atoms with van der Waals surface area (Å²) in [6.07, 6.45) is 3.37. The van der Waals surface area contributed by atoms with Crippen molar-refractivity contribution in [2.75, 3.05) is 11.5 Å². The summed E-state index contributed by atoms with van der Waals surface area (Å²) in [5.74, 6) is 0.419. The average molecular weight is 256 g/mol. The summed E-state index contributed by atoms with van der Waals surface area (Å²) in [6.45, 7) is 0. The van der Waals surface area contributed by atoms with Crippen LogP contribution in [-0.4, -0.2) is 9.78 Å². The van der Waals surface area contributed by atoms with Gasteiger partial charge in [0.15, 0.2) is 11.0 Å². The highest BCUT2D eigenvalue weighted by atomic mass is 16.3. The molecule has 3 aromatic rings. The molecule has 96 valence electrons. The van der Waals surface area contributed by atoms with Gasteiger partial charge in [-0.05, 0) is 12.1 Å². The van der Waals surface area contributed by atoms with E-state index in [1.165, 1.54) is 6.07 Å². The topological polar surface area (TPSA) is 100 Å². The molecule has 0 radical (unpaired) electrons. The first-order valence-corrected chi connectivity index (χ1v) is 5.67. The Morgan fingerprint density at radius 1 is 1.32 bits per heavy atom. The van der Waals surface area contributed by atoms with Crippen molar-refractivity contribution in [1.82, 2.24) is 9.78 Å². The van der Waals surface area contributed by atoms with E-state index in [-0.39, 0.29) is 11.1 Å². The number of fused-ring (bicyclic) bond motifs is 1. The van der Waals surface area contributed by atoms with Crippen molar-refractivity contribution in [2.24, 2.45) is 7.05 Å². The van der Waals surface area contributed by atoms with Crippen LogP contribution >= 0.6 is 0 Å². The lowest BCUT2D eigenvalue weighted by molar-refractivity contribution is 0.620. The zero-order valence-corrected chi connectivity index (χ0v) is 10.3. The third kappa shape index (κ3) is 1.74. The first kappa shape index (κ1) is 11.3. The van der Waals surface area contributed by atoms with Crippen molar-refractivity contribution in [1.29, 1.82) is 0 Å². The van der Waals surface area contributed by atoms with Crippen LogP contribution in [-0.2, 0) is 7.05 Å². The molecule has 4 N–H and O–H groups in total. The van der Waals surface area contributed by atoms with E-state index in [2.05, 4.69) is 5.10 Å². The zero-order chi connectivity index (χ0) is 13.6. The Morgan fingerprint density at radius 3 is 2.79 bits per heavy atom. The van der Waals surface area contributed by atoms with Crippen LogP contribution in [0.3, 0.4) is 0 Å². The third-order valence-corrected chi connectivity index (χ3v) is 2.96. The van der Waals surface area contributed by atoms with Gasteiger partial charge in [0.25, 0.3) is 0 Å². The Labute approximate surface area is 108 Å². The molecule has 19 heavy (non-hydrogen) atoms. The number of hydrogen-bond donors (Lipinski definition) is 2. The van der Waals surface area contributed by atoms with Gasteiger partial charge in [-0.1, -0.05) is 0 Å². The minimum absolute atomic E-state index is 0.160. The second kappa shape index (κ2) is 3.88. The minimum atomic E-state index is -0.160. The van der Waals surface area contributed by atoms with Gasteiger partial charge < -0.3 is 15.9 Å². The molecule has 0 fully saturated rings. The number of nitrogen functional groups attached to an aromatic ring is 2. The van der Waals surface area contributed by atoms with Crippen LogP contribution in [0, 0.1) is 0 Å². The first-order chi connectivity index (χ1) is 9.06. The fourth-order valence-corrected chi connectivity index (χ4v) is 1.95. The van der Waals surface area contributed by atoms with Gasteiger partial charge in [-0.2, -0.15) is 5.10 Å². The Balaban J connectivity index is 2.35. The van der Waals surface area contributed by atoms with Crippen molar-refractivity contribution in [2.45, 2.75) is 0 Å². The van der Waals surface area contributed by atoms with Crippen molar-refractivity contribution in [3.63, 3.8) is 0 Å². The van der Waals surface area contributed by atoms with Crippen molar-refractivity contribution >= 4 is 22.3 Å². The molecule has 2 heterocycles. The summed E-state index contributed by atoms with van der Waals surface area (Å²) < 4.78 is 7.32. The standard InChI is InChI=1S/C13H12N4O2/c1-17-6-7(5-16-17)11-4-10(18)8-2-3-9(14)12(15)13(8)19-11/h2-6H,14-15H2,1H3. The van der Waals surface area contributed by atoms with Crippen LogP contribution < -0.4 is 16.9 Å². The number of aryl methyl sites for hydroxylation is 1. The molecule has 2 aromatic heterocycles. The molecule has 1 aromatic carbocycles. The number of anilines is 2. The van der Waals surface area contributed by atoms with Crippen LogP contribution in [0.5, 0.6) is 0 Å². The summed E-state index contributed by atoms with van der Waals surface area (Å²) >= 11 is 0. The van der Waals surface area contributed by atoms with Gasteiger partial charge in [0, 0.05) is 19.3 Å². The predicted octanol–water partition coefficient (Wildman–Crippen LogP) is 1.36. The Bertz CT molecular complexity index is 832. The molecule has 0 spiro atoms. The lowest BCUT2D eigenvalue weighted by Crippen LogP contribution is -2.04. The van der Waals surface area contributed by atoms with Crippen LogP contribution in [0.4, 0.5) is 11.4 Å². The molecule has 0 amide bonds. The number of nitrogens with zero attached hydrogens (tertiary/aromatic N) is 2. The van der Waals surface area contributed by atoms with Gasteiger partial charge in [0.2, 0.25) is 0 Å². The lowest BCUT2D eigenvalue weighted by atomic mass is 10.1. The molecule has 0 saturated heterocycles. The van der Waals surface area contributed by atoms with Gasteiger partial charge in [0.05, 0.1) is 28.5 Å². The van der Waals surface area contributed by atoms with Crippen LogP contribution in [0.1, 0.15) is 0 Å². The van der Waals surface area contributed by atoms with Crippen LogP contribution in [0.25, 0.3) is 22.3 Å². The summed E-state index contributed by atoms with van der Waals surface area (Å²) in [6, 6.07) is 4.63. The molecule has 0 aliphatic heterocycles. The summed E-state index contributed by atoms with van der Waals surface area (Å²) in [5, 5.41) is 4.46. The van der Waals surface area contributed by atoms with Gasteiger partial charge in [-0.3, -0.25) is 9.48 Å². The van der Waals surface area contributed by atoms with Gasteiger partial charge >= 0.3 is 0 Å². The molecule has 0 unspecified atom stereocenters. The molecule has 3 rings (SSSR count). The fourth-order valence-electron chi connectivity index (χ4n) is 1.95. The zero-order valence-electron chi connectivity index (χ0n) is 10.3. The maximum absolute atomic E-state index is 12.1. The molecular formula is C13H12N4O2. The molecule has 0 aliphatic carbocycles. The van der Waals surface area contributed by atoms with E-state index in [1.807, 2.05) is 0 Å². The van der Waals surface area contributed by atoms with Gasteiger partial charge in [-0.15, -0.1) is 0 Å². The molecule has 0 aliphatic rings. The van der Waals surface area contributed by atoms with Gasteiger partial charge in [-0.25, -0.2) is 0 Å². The van der Waals surface area contributed by atoms with Gasteiger partial charge in [0.1, 0.15) is 5.76 Å². The summed E-state index contributed by atoms with van der Waals surface area (Å²) in [5.41, 5.74) is 13.1. The quantitative estimate of drug-likeness (QED) is 0.640. The largest absolute Gasteiger partial charge is 0.453 e. The number of hydrogen-bond acceptors (Lipinski definition) is 5. The smallest absolute Gasteiger partial charge is 0.193 e. The van der Waals surface area contributed by atoms with Crippen molar-refractivity contribution < 1.29 is 4.42 Å². The lowest BCUT2D eigenvalue weighted by Gasteiger charge is -2.05. The van der Waals surface area contributed by atoms with Crippen molar-refractivity contribution in [3.05, 3.63) is 40.8 Å². The Morgan fingerprint density at radius 2 is 2.11 bits per heavy atom. The second-order valence-electron chi connectivity index (χ2n) is 4.32. The molecule has 0 bridgehead atoms. The number of rotatable bonds is 1. The fraction of sp³-hybridized carbons (Fsp3) is 0.0769. The van der Waals surface area contributed by atoms with E-state index in [0.717, 1.165) is 0 Å². The predicted molar refractivity (Wildman–Crippen MR) is 73.5 cm³/mol. The van der Waals surface area contributed by atoms with E-state index >= 15 is 0 Å². The van der Waals surface area contributed by atoms with Crippen LogP contribution in [0.15, 0.2) is 39.8 Å². The maximum atomic E-state index is 12.1. The molecule has 0 atom stereocenters. The average Bonchev–Trinajstić information content (AvgIpc) is 2.81. The van der Waals surface area contributed by atoms with E-state index in [4.69, 9.17) is 15.9 Å². The molecule has 0 saturated carbocycles. The van der Waals surface area contributed by atoms with E-state index in [1.54, 1.807) is 36.3 Å². The number of aromatic nitrogens is 2. The highest BCUT2D eigenvalue weighted by molar-refractivity contribution is 5.94. The highest BCUT2D eigenvalue weighted by Crippen LogP contribution is 2.28. The SMILES string of the molecule is Cn1cc(-c2cc(=O)c3ccc(N)c(N)c3o2)cn1. The van der Waals surface area contributed by atoms with E-state index in [0.29, 0.717) is 28.0 Å². The Kier molecular flexibility index (Phi) is 2.31. The minimum Gasteiger partial charge on any atom is -0.453 e. The summed E-state index contributed by atoms with van der Waals surface area (Å²) in [7, 11) is 1.79. The van der Waals surface area contributed by atoms with E-state index in [9.17, 15) is 4.79 Å². The monoisotopic (exact) mass is 256 g/mol. The molecule has 6 heteroatoms. The third-order valence-electron chi connectivity index (χ3n) is 2.96. The first-order valence-electron chi connectivity index (χ1n) is 5.67. The Hall–Kier alpha value is -2.76. The van der Waals surface area contributed by atoms with Crippen molar-refractivity contribution in [3.8, 4) is 11.3 Å². The normalized spacial score (nSPS) is 11.0. The maximum Gasteiger partial charge on any atom is 0.193 e. The van der Waals surface area contributed by atoms with E-state index < -0.39 is 0 Å². The molecule has 6 nitrogen and oxygen atoms in total. The van der Waals surface area contributed by atoms with Crippen LogP contribution in [0.2, 0.25) is 0 Å².